The molecule has 92 valence electrons. The molecule has 0 aromatic carbocycles. The van der Waals surface area contributed by atoms with E-state index in [0.29, 0.717) is 5.54 Å². The second kappa shape index (κ2) is 3.99. The van der Waals surface area contributed by atoms with Crippen LogP contribution in [0.2, 0.25) is 0 Å². The van der Waals surface area contributed by atoms with Crippen LogP contribution in [0.25, 0.3) is 0 Å². The van der Waals surface area contributed by atoms with Gasteiger partial charge in [0.1, 0.15) is 0 Å². The molecule has 1 aliphatic heterocycles. The Morgan fingerprint density at radius 2 is 1.94 bits per heavy atom. The topological polar surface area (TPSA) is 15.3 Å². The Balaban J connectivity index is 1.68. The number of nitrogens with one attached hydrogen (secondary N) is 1. The molecule has 0 aromatic rings. The molecule has 3 fully saturated rings. The third-order valence-corrected chi connectivity index (χ3v) is 4.91. The molecule has 0 bridgehead atoms. The maximum atomic E-state index is 3.83. The number of hydrogen-bond acceptors (Lipinski definition) is 2. The maximum absolute atomic E-state index is 3.83. The van der Waals surface area contributed by atoms with Gasteiger partial charge in [-0.05, 0) is 64.3 Å². The van der Waals surface area contributed by atoms with Gasteiger partial charge in [-0.15, -0.1) is 0 Å². The van der Waals surface area contributed by atoms with Crippen molar-refractivity contribution in [3.05, 3.63) is 0 Å². The molecular formula is C14H26N2. The maximum Gasteiger partial charge on any atom is 0.0308 e. The molecule has 1 saturated heterocycles. The summed E-state index contributed by atoms with van der Waals surface area (Å²) in [4.78, 5) is 2.77. The monoisotopic (exact) mass is 222 g/mol. The number of nitrogens with zero attached hydrogens (tertiary/aromatic N) is 1. The van der Waals surface area contributed by atoms with E-state index in [1.807, 2.05) is 0 Å². The minimum absolute atomic E-state index is 0.416. The van der Waals surface area contributed by atoms with Gasteiger partial charge in [-0.3, -0.25) is 4.90 Å². The van der Waals surface area contributed by atoms with E-state index in [9.17, 15) is 0 Å². The lowest BCUT2D eigenvalue weighted by Crippen LogP contribution is -2.52. The smallest absolute Gasteiger partial charge is 0.0308 e. The highest BCUT2D eigenvalue weighted by Gasteiger charge is 2.44. The van der Waals surface area contributed by atoms with Crippen molar-refractivity contribution in [3.63, 3.8) is 0 Å². The van der Waals surface area contributed by atoms with Crippen LogP contribution < -0.4 is 5.32 Å². The van der Waals surface area contributed by atoms with Gasteiger partial charge < -0.3 is 5.32 Å². The van der Waals surface area contributed by atoms with Gasteiger partial charge >= 0.3 is 0 Å². The van der Waals surface area contributed by atoms with Gasteiger partial charge in [0.2, 0.25) is 0 Å². The fraction of sp³-hybridized carbons (Fsp3) is 1.00. The minimum atomic E-state index is 0.416. The van der Waals surface area contributed by atoms with Crippen LogP contribution in [-0.4, -0.2) is 36.1 Å². The summed E-state index contributed by atoms with van der Waals surface area (Å²) < 4.78 is 0. The zero-order chi connectivity index (χ0) is 11.2. The molecule has 1 heterocycles. The van der Waals surface area contributed by atoms with E-state index >= 15 is 0 Å². The molecule has 3 rings (SSSR count). The van der Waals surface area contributed by atoms with Gasteiger partial charge in [0, 0.05) is 24.7 Å². The van der Waals surface area contributed by atoms with Crippen LogP contribution in [-0.2, 0) is 0 Å². The Hall–Kier alpha value is -0.0800. The zero-order valence-corrected chi connectivity index (χ0v) is 10.8. The Kier molecular flexibility index (Phi) is 2.75. The molecule has 3 aliphatic rings. The summed E-state index contributed by atoms with van der Waals surface area (Å²) >= 11 is 0. The Bertz CT molecular complexity index is 257. The molecule has 2 unspecified atom stereocenters. The third kappa shape index (κ3) is 2.28. The lowest BCUT2D eigenvalue weighted by atomic mass is 9.95. The molecular weight excluding hydrogens is 196 g/mol. The molecule has 16 heavy (non-hydrogen) atoms. The molecule has 2 heteroatoms. The van der Waals surface area contributed by atoms with E-state index < -0.39 is 0 Å². The van der Waals surface area contributed by atoms with Crippen LogP contribution in [0.4, 0.5) is 0 Å². The SMILES string of the molecule is CC1CCNC(C)(C2CC2)CN1CC1CC1. The Labute approximate surface area is 99.8 Å². The average Bonchev–Trinajstić information content (AvgIpc) is 3.06. The molecule has 0 amide bonds. The molecule has 0 aromatic heterocycles. The van der Waals surface area contributed by atoms with Gasteiger partial charge in [0.25, 0.3) is 0 Å². The van der Waals surface area contributed by atoms with Gasteiger partial charge in [0.05, 0.1) is 0 Å². The molecule has 1 N–H and O–H groups in total. The van der Waals surface area contributed by atoms with E-state index in [1.165, 1.54) is 51.7 Å². The van der Waals surface area contributed by atoms with E-state index in [1.54, 1.807) is 0 Å². The summed E-state index contributed by atoms with van der Waals surface area (Å²) in [6.07, 6.45) is 7.20. The second-order valence-corrected chi connectivity index (χ2v) is 6.63. The fourth-order valence-electron chi connectivity index (χ4n) is 3.25. The van der Waals surface area contributed by atoms with Crippen molar-refractivity contribution >= 4 is 0 Å². The summed E-state index contributed by atoms with van der Waals surface area (Å²) in [7, 11) is 0. The summed E-state index contributed by atoms with van der Waals surface area (Å²) in [6, 6.07) is 0.786. The van der Waals surface area contributed by atoms with Gasteiger partial charge in [-0.25, -0.2) is 0 Å². The molecule has 2 saturated carbocycles. The first-order valence-corrected chi connectivity index (χ1v) is 7.16. The predicted octanol–water partition coefficient (Wildman–Crippen LogP) is 2.25. The quantitative estimate of drug-likeness (QED) is 0.788. The van der Waals surface area contributed by atoms with Crippen molar-refractivity contribution in [3.8, 4) is 0 Å². The van der Waals surface area contributed by atoms with Crippen LogP contribution in [0.5, 0.6) is 0 Å². The van der Waals surface area contributed by atoms with E-state index in [0.717, 1.165) is 17.9 Å². The van der Waals surface area contributed by atoms with Crippen LogP contribution >= 0.6 is 0 Å². The van der Waals surface area contributed by atoms with Crippen LogP contribution in [0.1, 0.15) is 46.0 Å². The van der Waals surface area contributed by atoms with Gasteiger partial charge in [0.15, 0.2) is 0 Å². The summed E-state index contributed by atoms with van der Waals surface area (Å²) in [6.45, 7) is 8.75. The highest BCUT2D eigenvalue weighted by molar-refractivity contribution is 5.02. The first-order chi connectivity index (χ1) is 7.67. The largest absolute Gasteiger partial charge is 0.310 e. The molecule has 0 spiro atoms. The molecule has 2 atom stereocenters. The van der Waals surface area contributed by atoms with Crippen molar-refractivity contribution in [1.82, 2.24) is 10.2 Å². The van der Waals surface area contributed by atoms with Crippen molar-refractivity contribution in [2.45, 2.75) is 57.5 Å². The summed E-state index contributed by atoms with van der Waals surface area (Å²) in [5, 5.41) is 3.83. The number of hydrogen-bond donors (Lipinski definition) is 1. The van der Waals surface area contributed by atoms with Gasteiger partial charge in [-0.1, -0.05) is 0 Å². The van der Waals surface area contributed by atoms with Crippen molar-refractivity contribution < 1.29 is 0 Å². The highest BCUT2D eigenvalue weighted by atomic mass is 15.2. The predicted molar refractivity (Wildman–Crippen MR) is 67.5 cm³/mol. The van der Waals surface area contributed by atoms with Crippen molar-refractivity contribution in [2.75, 3.05) is 19.6 Å². The lowest BCUT2D eigenvalue weighted by Gasteiger charge is -2.36. The molecule has 2 aliphatic carbocycles. The first-order valence-electron chi connectivity index (χ1n) is 7.16. The minimum Gasteiger partial charge on any atom is -0.310 e. The van der Waals surface area contributed by atoms with Crippen LogP contribution in [0.3, 0.4) is 0 Å². The first kappa shape index (κ1) is 11.0. The summed E-state index contributed by atoms with van der Waals surface area (Å²) in [5.41, 5.74) is 0.416. The summed E-state index contributed by atoms with van der Waals surface area (Å²) in [5.74, 6) is 1.99. The van der Waals surface area contributed by atoms with Crippen molar-refractivity contribution in [2.24, 2.45) is 11.8 Å². The normalized spacial score (nSPS) is 42.0. The fourth-order valence-corrected chi connectivity index (χ4v) is 3.25. The van der Waals surface area contributed by atoms with E-state index in [2.05, 4.69) is 24.1 Å². The Morgan fingerprint density at radius 3 is 2.56 bits per heavy atom. The zero-order valence-electron chi connectivity index (χ0n) is 10.8. The average molecular weight is 222 g/mol. The van der Waals surface area contributed by atoms with Crippen LogP contribution in [0.15, 0.2) is 0 Å². The molecule has 2 nitrogen and oxygen atoms in total. The van der Waals surface area contributed by atoms with E-state index in [4.69, 9.17) is 0 Å². The second-order valence-electron chi connectivity index (χ2n) is 6.63. The lowest BCUT2D eigenvalue weighted by molar-refractivity contribution is 0.156. The van der Waals surface area contributed by atoms with Gasteiger partial charge in [-0.2, -0.15) is 0 Å². The third-order valence-electron chi connectivity index (χ3n) is 4.91. The van der Waals surface area contributed by atoms with Crippen molar-refractivity contribution in [1.29, 1.82) is 0 Å². The van der Waals surface area contributed by atoms with E-state index in [-0.39, 0.29) is 0 Å². The highest BCUT2D eigenvalue weighted by Crippen LogP contribution is 2.41. The molecule has 0 radical (unpaired) electrons. The number of rotatable bonds is 3. The van der Waals surface area contributed by atoms with Crippen LogP contribution in [0, 0.1) is 11.8 Å². The Morgan fingerprint density at radius 1 is 1.19 bits per heavy atom. The standard InChI is InChI=1S/C14H26N2/c1-11-7-8-15-14(2,13-5-6-13)10-16(11)9-12-3-4-12/h11-13,15H,3-10H2,1-2H3.